The zero-order valence-corrected chi connectivity index (χ0v) is 13.1. The van der Waals surface area contributed by atoms with Gasteiger partial charge in [-0.2, -0.15) is 5.26 Å². The molecule has 1 amide bonds. The lowest BCUT2D eigenvalue weighted by molar-refractivity contribution is -0.121. The molecule has 2 aromatic rings. The number of nitriles is 1. The van der Waals surface area contributed by atoms with Crippen molar-refractivity contribution in [1.29, 1.82) is 5.26 Å². The van der Waals surface area contributed by atoms with Crippen molar-refractivity contribution in [2.45, 2.75) is 25.8 Å². The molecule has 22 heavy (non-hydrogen) atoms. The molecule has 4 heteroatoms. The topological polar surface area (TPSA) is 52.9 Å². The van der Waals surface area contributed by atoms with Gasteiger partial charge in [-0.25, -0.2) is 0 Å². The summed E-state index contributed by atoms with van der Waals surface area (Å²) >= 11 is 6.08. The summed E-state index contributed by atoms with van der Waals surface area (Å²) in [6.07, 6.45) is 1.01. The van der Waals surface area contributed by atoms with Gasteiger partial charge in [-0.15, -0.1) is 0 Å². The third-order valence-corrected chi connectivity index (χ3v) is 3.87. The summed E-state index contributed by atoms with van der Waals surface area (Å²) in [5, 5.41) is 12.4. The largest absolute Gasteiger partial charge is 0.350 e. The monoisotopic (exact) mass is 312 g/mol. The molecular formula is C18H17ClN2O. The zero-order chi connectivity index (χ0) is 15.9. The Morgan fingerprint density at radius 1 is 1.23 bits per heavy atom. The first-order valence-corrected chi connectivity index (χ1v) is 7.51. The number of nitrogens with one attached hydrogen (secondary N) is 1. The summed E-state index contributed by atoms with van der Waals surface area (Å²) in [6, 6.07) is 16.8. The molecule has 0 radical (unpaired) electrons. The van der Waals surface area contributed by atoms with E-state index in [-0.39, 0.29) is 11.9 Å². The Hall–Kier alpha value is -2.31. The lowest BCUT2D eigenvalue weighted by atomic mass is 10.1. The number of amides is 1. The Bertz CT molecular complexity index is 689. The Morgan fingerprint density at radius 2 is 1.91 bits per heavy atom. The Balaban J connectivity index is 1.88. The molecule has 0 aromatic heterocycles. The highest BCUT2D eigenvalue weighted by atomic mass is 35.5. The first kappa shape index (κ1) is 16.1. The lowest BCUT2D eigenvalue weighted by Crippen LogP contribution is -2.26. The van der Waals surface area contributed by atoms with Crippen molar-refractivity contribution in [3.8, 4) is 6.07 Å². The number of aryl methyl sites for hydroxylation is 1. The fraction of sp³-hybridized carbons (Fsp3) is 0.222. The maximum Gasteiger partial charge on any atom is 0.220 e. The van der Waals surface area contributed by atoms with Crippen LogP contribution in [-0.4, -0.2) is 5.91 Å². The number of halogens is 1. The van der Waals surface area contributed by atoms with Crippen molar-refractivity contribution < 1.29 is 4.79 Å². The summed E-state index contributed by atoms with van der Waals surface area (Å²) in [4.78, 5) is 12.0. The van der Waals surface area contributed by atoms with E-state index in [2.05, 4.69) is 11.4 Å². The van der Waals surface area contributed by atoms with Crippen molar-refractivity contribution in [1.82, 2.24) is 5.32 Å². The van der Waals surface area contributed by atoms with Gasteiger partial charge in [0.15, 0.2) is 0 Å². The molecule has 0 aliphatic rings. The molecule has 0 bridgehead atoms. The second-order valence-electron chi connectivity index (χ2n) is 5.11. The van der Waals surface area contributed by atoms with Crippen LogP contribution < -0.4 is 5.32 Å². The minimum atomic E-state index is -0.0912. The van der Waals surface area contributed by atoms with E-state index in [4.69, 9.17) is 16.9 Å². The molecule has 0 spiro atoms. The van der Waals surface area contributed by atoms with E-state index in [0.717, 1.165) is 11.1 Å². The van der Waals surface area contributed by atoms with E-state index in [1.165, 1.54) is 0 Å². The fourth-order valence-corrected chi connectivity index (χ4v) is 2.42. The summed E-state index contributed by atoms with van der Waals surface area (Å²) in [5.74, 6) is -0.0169. The van der Waals surface area contributed by atoms with Crippen LogP contribution in [-0.2, 0) is 11.2 Å². The van der Waals surface area contributed by atoms with Crippen molar-refractivity contribution >= 4 is 17.5 Å². The van der Waals surface area contributed by atoms with Crippen LogP contribution in [0.15, 0.2) is 48.5 Å². The SMILES string of the molecule is CC(NC(=O)CCc1ccccc1Cl)c1ccc(C#N)cc1. The Labute approximate surface area is 135 Å². The average Bonchev–Trinajstić information content (AvgIpc) is 2.54. The van der Waals surface area contributed by atoms with Gasteiger partial charge in [-0.1, -0.05) is 41.9 Å². The normalized spacial score (nSPS) is 11.5. The molecule has 0 heterocycles. The number of rotatable bonds is 5. The van der Waals surface area contributed by atoms with Crippen LogP contribution >= 0.6 is 11.6 Å². The van der Waals surface area contributed by atoms with Gasteiger partial charge in [-0.05, 0) is 42.7 Å². The van der Waals surface area contributed by atoms with Crippen LogP contribution in [0.25, 0.3) is 0 Å². The van der Waals surface area contributed by atoms with Gasteiger partial charge in [0.1, 0.15) is 0 Å². The first-order valence-electron chi connectivity index (χ1n) is 7.13. The molecule has 1 atom stereocenters. The third kappa shape index (κ3) is 4.34. The quantitative estimate of drug-likeness (QED) is 0.906. The van der Waals surface area contributed by atoms with Gasteiger partial charge < -0.3 is 5.32 Å². The molecule has 3 nitrogen and oxygen atoms in total. The summed E-state index contributed by atoms with van der Waals surface area (Å²) in [7, 11) is 0. The third-order valence-electron chi connectivity index (χ3n) is 3.50. The van der Waals surface area contributed by atoms with Gasteiger partial charge in [0, 0.05) is 11.4 Å². The standard InChI is InChI=1S/C18H17ClN2O/c1-13(15-8-6-14(12-20)7-9-15)21-18(22)11-10-16-4-2-3-5-17(16)19/h2-9,13H,10-11H2,1H3,(H,21,22). The zero-order valence-electron chi connectivity index (χ0n) is 12.3. The van der Waals surface area contributed by atoms with E-state index >= 15 is 0 Å². The van der Waals surface area contributed by atoms with E-state index in [0.29, 0.717) is 23.4 Å². The molecule has 2 rings (SSSR count). The molecule has 2 aromatic carbocycles. The predicted octanol–water partition coefficient (Wildman–Crippen LogP) is 4.02. The Kier molecular flexibility index (Phi) is 5.57. The molecule has 0 aliphatic heterocycles. The molecule has 0 aliphatic carbocycles. The minimum absolute atomic E-state index is 0.0169. The second kappa shape index (κ2) is 7.63. The van der Waals surface area contributed by atoms with Gasteiger partial charge in [0.25, 0.3) is 0 Å². The Morgan fingerprint density at radius 3 is 2.55 bits per heavy atom. The molecular weight excluding hydrogens is 296 g/mol. The number of hydrogen-bond donors (Lipinski definition) is 1. The van der Waals surface area contributed by atoms with Crippen LogP contribution in [0.1, 0.15) is 36.1 Å². The minimum Gasteiger partial charge on any atom is -0.350 e. The van der Waals surface area contributed by atoms with E-state index < -0.39 is 0 Å². The van der Waals surface area contributed by atoms with Crippen molar-refractivity contribution in [3.63, 3.8) is 0 Å². The molecule has 112 valence electrons. The summed E-state index contributed by atoms with van der Waals surface area (Å²) in [5.41, 5.74) is 2.57. The predicted molar refractivity (Wildman–Crippen MR) is 87.5 cm³/mol. The van der Waals surface area contributed by atoms with Gasteiger partial charge in [-0.3, -0.25) is 4.79 Å². The second-order valence-corrected chi connectivity index (χ2v) is 5.52. The van der Waals surface area contributed by atoms with E-state index in [1.807, 2.05) is 43.3 Å². The van der Waals surface area contributed by atoms with Crippen molar-refractivity contribution in [3.05, 3.63) is 70.2 Å². The van der Waals surface area contributed by atoms with Gasteiger partial charge >= 0.3 is 0 Å². The van der Waals surface area contributed by atoms with E-state index in [9.17, 15) is 4.79 Å². The number of carbonyl (C=O) groups is 1. The average molecular weight is 313 g/mol. The van der Waals surface area contributed by atoms with E-state index in [1.54, 1.807) is 12.1 Å². The highest BCUT2D eigenvalue weighted by Gasteiger charge is 2.10. The molecule has 1 N–H and O–H groups in total. The number of benzene rings is 2. The maximum absolute atomic E-state index is 12.0. The molecule has 0 saturated carbocycles. The number of hydrogen-bond acceptors (Lipinski definition) is 2. The maximum atomic E-state index is 12.0. The van der Waals surface area contributed by atoms with Crippen molar-refractivity contribution in [2.75, 3.05) is 0 Å². The summed E-state index contributed by atoms with van der Waals surface area (Å²) < 4.78 is 0. The number of nitrogens with zero attached hydrogens (tertiary/aromatic N) is 1. The van der Waals surface area contributed by atoms with Crippen LogP contribution in [0.3, 0.4) is 0 Å². The van der Waals surface area contributed by atoms with Gasteiger partial charge in [0.2, 0.25) is 5.91 Å². The van der Waals surface area contributed by atoms with Gasteiger partial charge in [0.05, 0.1) is 17.7 Å². The smallest absolute Gasteiger partial charge is 0.220 e. The molecule has 1 unspecified atom stereocenters. The molecule has 0 fully saturated rings. The fourth-order valence-electron chi connectivity index (χ4n) is 2.19. The molecule has 0 saturated heterocycles. The summed E-state index contributed by atoms with van der Waals surface area (Å²) in [6.45, 7) is 1.93. The van der Waals surface area contributed by atoms with Crippen molar-refractivity contribution in [2.24, 2.45) is 0 Å². The van der Waals surface area contributed by atoms with Crippen LogP contribution in [0.2, 0.25) is 5.02 Å². The number of carbonyl (C=O) groups excluding carboxylic acids is 1. The first-order chi connectivity index (χ1) is 10.6. The van der Waals surface area contributed by atoms with Crippen LogP contribution in [0.5, 0.6) is 0 Å². The van der Waals surface area contributed by atoms with Crippen LogP contribution in [0.4, 0.5) is 0 Å². The highest BCUT2D eigenvalue weighted by Crippen LogP contribution is 2.17. The lowest BCUT2D eigenvalue weighted by Gasteiger charge is -2.14. The van der Waals surface area contributed by atoms with Crippen LogP contribution in [0, 0.1) is 11.3 Å². The highest BCUT2D eigenvalue weighted by molar-refractivity contribution is 6.31.